The van der Waals surface area contributed by atoms with Gasteiger partial charge in [0.05, 0.1) is 26.2 Å². The van der Waals surface area contributed by atoms with Crippen molar-refractivity contribution in [3.8, 4) is 0 Å². The van der Waals surface area contributed by atoms with Crippen LogP contribution in [0.3, 0.4) is 0 Å². The van der Waals surface area contributed by atoms with Gasteiger partial charge in [0.2, 0.25) is 12.7 Å². The first-order valence-electron chi connectivity index (χ1n) is 14.9. The van der Waals surface area contributed by atoms with Crippen LogP contribution in [-0.2, 0) is 26.2 Å². The van der Waals surface area contributed by atoms with E-state index >= 15 is 0 Å². The molecule has 2 aromatic heterocycles. The highest BCUT2D eigenvalue weighted by Gasteiger charge is 2.05. The molecular weight excluding hydrogens is 416 g/mol. The molecule has 194 valence electrons. The first kappa shape index (κ1) is 28.7. The van der Waals surface area contributed by atoms with Gasteiger partial charge in [-0.05, 0) is 51.4 Å². The van der Waals surface area contributed by atoms with E-state index in [1.165, 1.54) is 142 Å². The smallest absolute Gasteiger partial charge is 0.237 e. The SMILES string of the molecule is CCCCCCC[n+]1ccn(CCCCCCCCCCn2cc[n+](CCCCCCC)c2)c1. The van der Waals surface area contributed by atoms with Crippen LogP contribution in [0.4, 0.5) is 0 Å². The lowest BCUT2D eigenvalue weighted by Crippen LogP contribution is -2.30. The molecule has 0 atom stereocenters. The maximum atomic E-state index is 2.38. The molecule has 0 spiro atoms. The van der Waals surface area contributed by atoms with E-state index in [0.29, 0.717) is 0 Å². The van der Waals surface area contributed by atoms with Gasteiger partial charge in [0.15, 0.2) is 0 Å². The number of unbranched alkanes of at least 4 members (excludes halogenated alkanes) is 15. The first-order chi connectivity index (χ1) is 16.8. The van der Waals surface area contributed by atoms with E-state index in [-0.39, 0.29) is 0 Å². The van der Waals surface area contributed by atoms with Crippen molar-refractivity contribution in [2.45, 2.75) is 156 Å². The zero-order valence-electron chi connectivity index (χ0n) is 22.8. The number of nitrogens with zero attached hydrogens (tertiary/aromatic N) is 4. The van der Waals surface area contributed by atoms with Gasteiger partial charge in [-0.25, -0.2) is 18.3 Å². The largest absolute Gasteiger partial charge is 0.243 e. The normalized spacial score (nSPS) is 11.5. The fraction of sp³-hybridized carbons (Fsp3) is 0.800. The number of rotatable bonds is 23. The summed E-state index contributed by atoms with van der Waals surface area (Å²) in [7, 11) is 0. The molecule has 4 heteroatoms. The molecule has 0 saturated heterocycles. The summed E-state index contributed by atoms with van der Waals surface area (Å²) in [6.07, 6.45) is 38.2. The van der Waals surface area contributed by atoms with E-state index in [4.69, 9.17) is 0 Å². The van der Waals surface area contributed by atoms with E-state index in [0.717, 1.165) is 0 Å². The van der Waals surface area contributed by atoms with Gasteiger partial charge in [-0.15, -0.1) is 0 Å². The molecule has 34 heavy (non-hydrogen) atoms. The molecule has 0 saturated carbocycles. The van der Waals surface area contributed by atoms with Crippen molar-refractivity contribution in [1.82, 2.24) is 9.13 Å². The highest BCUT2D eigenvalue weighted by Crippen LogP contribution is 2.10. The molecule has 0 aliphatic heterocycles. The Morgan fingerprint density at radius 3 is 1.21 bits per heavy atom. The quantitative estimate of drug-likeness (QED) is 0.117. The van der Waals surface area contributed by atoms with Crippen LogP contribution in [0.25, 0.3) is 0 Å². The molecule has 0 aliphatic rings. The molecule has 0 radical (unpaired) electrons. The van der Waals surface area contributed by atoms with Gasteiger partial charge in [0.1, 0.15) is 24.8 Å². The third kappa shape index (κ3) is 14.0. The second kappa shape index (κ2) is 19.7. The van der Waals surface area contributed by atoms with Crippen molar-refractivity contribution >= 4 is 0 Å². The fourth-order valence-electron chi connectivity index (χ4n) is 4.85. The first-order valence-corrected chi connectivity index (χ1v) is 14.9. The van der Waals surface area contributed by atoms with E-state index in [2.05, 4.69) is 69.6 Å². The minimum atomic E-state index is 1.18. The van der Waals surface area contributed by atoms with E-state index in [9.17, 15) is 0 Å². The number of hydrogen-bond donors (Lipinski definition) is 0. The zero-order valence-corrected chi connectivity index (χ0v) is 22.8. The summed E-state index contributed by atoms with van der Waals surface area (Å²) in [5, 5.41) is 0. The number of aromatic nitrogens is 4. The molecule has 2 heterocycles. The van der Waals surface area contributed by atoms with Gasteiger partial charge in [-0.1, -0.05) is 78.1 Å². The predicted octanol–water partition coefficient (Wildman–Crippen LogP) is 7.63. The van der Waals surface area contributed by atoms with Crippen LogP contribution in [-0.4, -0.2) is 9.13 Å². The van der Waals surface area contributed by atoms with Crippen molar-refractivity contribution < 1.29 is 9.13 Å². The van der Waals surface area contributed by atoms with Crippen molar-refractivity contribution in [3.05, 3.63) is 37.4 Å². The van der Waals surface area contributed by atoms with Crippen molar-refractivity contribution in [3.63, 3.8) is 0 Å². The average Bonchev–Trinajstić information content (AvgIpc) is 3.49. The summed E-state index contributed by atoms with van der Waals surface area (Å²) < 4.78 is 9.49. The Hall–Kier alpha value is -1.58. The van der Waals surface area contributed by atoms with E-state index in [1.807, 2.05) is 0 Å². The Kier molecular flexibility index (Phi) is 16.6. The summed E-state index contributed by atoms with van der Waals surface area (Å²) >= 11 is 0. The topological polar surface area (TPSA) is 17.6 Å². The Morgan fingerprint density at radius 2 is 0.794 bits per heavy atom. The molecule has 4 nitrogen and oxygen atoms in total. The van der Waals surface area contributed by atoms with Crippen molar-refractivity contribution in [1.29, 1.82) is 0 Å². The fourth-order valence-corrected chi connectivity index (χ4v) is 4.85. The minimum absolute atomic E-state index is 1.18. The third-order valence-electron chi connectivity index (χ3n) is 7.11. The summed E-state index contributed by atoms with van der Waals surface area (Å²) in [6, 6.07) is 0. The van der Waals surface area contributed by atoms with Crippen LogP contribution in [0, 0.1) is 0 Å². The molecule has 0 aliphatic carbocycles. The van der Waals surface area contributed by atoms with Crippen molar-refractivity contribution in [2.24, 2.45) is 0 Å². The van der Waals surface area contributed by atoms with Crippen molar-refractivity contribution in [2.75, 3.05) is 0 Å². The summed E-state index contributed by atoms with van der Waals surface area (Å²) in [5.41, 5.74) is 0. The molecule has 0 aromatic carbocycles. The average molecular weight is 473 g/mol. The second-order valence-corrected chi connectivity index (χ2v) is 10.4. The molecule has 0 fully saturated rings. The maximum Gasteiger partial charge on any atom is 0.243 e. The summed E-state index contributed by atoms with van der Waals surface area (Å²) in [5.74, 6) is 0. The van der Waals surface area contributed by atoms with Gasteiger partial charge in [-0.2, -0.15) is 0 Å². The zero-order chi connectivity index (χ0) is 24.1. The van der Waals surface area contributed by atoms with E-state index in [1.54, 1.807) is 0 Å². The van der Waals surface area contributed by atoms with Gasteiger partial charge in [0.25, 0.3) is 0 Å². The maximum absolute atomic E-state index is 2.38. The van der Waals surface area contributed by atoms with Crippen LogP contribution in [0.2, 0.25) is 0 Å². The van der Waals surface area contributed by atoms with Crippen LogP contribution in [0.15, 0.2) is 37.4 Å². The van der Waals surface area contributed by atoms with Crippen LogP contribution >= 0.6 is 0 Å². The molecule has 0 amide bonds. The molecule has 2 aromatic rings. The lowest BCUT2D eigenvalue weighted by Gasteiger charge is -2.02. The molecule has 0 bridgehead atoms. The molecule has 0 unspecified atom stereocenters. The lowest BCUT2D eigenvalue weighted by atomic mass is 10.1. The standard InChI is InChI=1S/C30H56N4/c1-3-5-7-13-17-21-31-25-27-33(29-31)23-19-15-11-9-10-12-16-20-24-34-28-26-32(30-34)22-18-14-8-6-4-2/h25-30H,3-24H2,1-2H3/q+2. The number of hydrogen-bond acceptors (Lipinski definition) is 0. The van der Waals surface area contributed by atoms with Gasteiger partial charge >= 0.3 is 0 Å². The third-order valence-corrected chi connectivity index (χ3v) is 7.11. The minimum Gasteiger partial charge on any atom is -0.237 e. The second-order valence-electron chi connectivity index (χ2n) is 10.4. The molecule has 2 rings (SSSR count). The van der Waals surface area contributed by atoms with Crippen LogP contribution in [0.5, 0.6) is 0 Å². The molecule has 0 N–H and O–H groups in total. The summed E-state index contributed by atoms with van der Waals surface area (Å²) in [4.78, 5) is 0. The summed E-state index contributed by atoms with van der Waals surface area (Å²) in [6.45, 7) is 9.29. The van der Waals surface area contributed by atoms with Gasteiger partial charge in [0, 0.05) is 0 Å². The Morgan fingerprint density at radius 1 is 0.441 bits per heavy atom. The Bertz CT molecular complexity index is 642. The van der Waals surface area contributed by atoms with Crippen LogP contribution in [0.1, 0.15) is 129 Å². The molecular formula is C30H56N4+2. The highest BCUT2D eigenvalue weighted by molar-refractivity contribution is 4.67. The van der Waals surface area contributed by atoms with E-state index < -0.39 is 0 Å². The predicted molar refractivity (Wildman–Crippen MR) is 144 cm³/mol. The number of aryl methyl sites for hydroxylation is 4. The Balaban J connectivity index is 1.37. The highest BCUT2D eigenvalue weighted by atomic mass is 15.1. The Labute approximate surface area is 211 Å². The lowest BCUT2D eigenvalue weighted by molar-refractivity contribution is -0.697. The van der Waals surface area contributed by atoms with Crippen LogP contribution < -0.4 is 9.13 Å². The van der Waals surface area contributed by atoms with Gasteiger partial charge in [-0.3, -0.25) is 0 Å². The van der Waals surface area contributed by atoms with Gasteiger partial charge < -0.3 is 0 Å². The number of imidazole rings is 2. The monoisotopic (exact) mass is 472 g/mol.